The van der Waals surface area contributed by atoms with E-state index in [0.717, 1.165) is 0 Å². The zero-order valence-electron chi connectivity index (χ0n) is 6.20. The molecule has 0 aromatic heterocycles. The lowest BCUT2D eigenvalue weighted by molar-refractivity contribution is -0.0219. The van der Waals surface area contributed by atoms with Crippen molar-refractivity contribution in [3.63, 3.8) is 0 Å². The molecule has 10 heavy (non-hydrogen) atoms. The highest BCUT2D eigenvalue weighted by Crippen LogP contribution is 2.11. The number of hydrogen-bond acceptors (Lipinski definition) is 3. The minimum Gasteiger partial charge on any atom is -0.388 e. The monoisotopic (exact) mass is 168 g/mol. The Labute approximate surface area is 62.7 Å². The van der Waals surface area contributed by atoms with Crippen LogP contribution in [0, 0.1) is 0 Å². The van der Waals surface area contributed by atoms with Crippen LogP contribution in [0.4, 0.5) is 0 Å². The van der Waals surface area contributed by atoms with Gasteiger partial charge in [-0.25, -0.2) is 0 Å². The van der Waals surface area contributed by atoms with E-state index < -0.39 is 23.1 Å². The fourth-order valence-corrected chi connectivity index (χ4v) is 0.724. The van der Waals surface area contributed by atoms with Gasteiger partial charge in [-0.15, -0.1) is 0 Å². The topological polar surface area (TPSA) is 66.8 Å². The molecule has 0 bridgehead atoms. The van der Waals surface area contributed by atoms with Crippen LogP contribution in [-0.4, -0.2) is 25.6 Å². The van der Waals surface area contributed by atoms with Gasteiger partial charge in [0.25, 0.3) is 0 Å². The van der Waals surface area contributed by atoms with Crippen LogP contribution < -0.4 is 0 Å². The molecule has 62 valence electrons. The molecule has 0 aliphatic carbocycles. The summed E-state index contributed by atoms with van der Waals surface area (Å²) in [6.07, 6.45) is -0.654. The van der Waals surface area contributed by atoms with Crippen LogP contribution in [0.5, 0.6) is 0 Å². The Morgan fingerprint density at radius 1 is 1.60 bits per heavy atom. The minimum atomic E-state index is -2.30. The highest BCUT2D eigenvalue weighted by atomic mass is 32.2. The minimum absolute atomic E-state index is 0.654. The molecule has 0 heterocycles. The van der Waals surface area contributed by atoms with E-state index in [4.69, 9.17) is 9.66 Å². The van der Waals surface area contributed by atoms with Crippen molar-refractivity contribution in [3.8, 4) is 0 Å². The van der Waals surface area contributed by atoms with Crippen molar-refractivity contribution in [2.45, 2.75) is 32.5 Å². The first-order chi connectivity index (χ1) is 4.34. The van der Waals surface area contributed by atoms with Crippen LogP contribution in [0.1, 0.15) is 20.8 Å². The van der Waals surface area contributed by atoms with Gasteiger partial charge in [0.1, 0.15) is 6.10 Å². The van der Waals surface area contributed by atoms with Gasteiger partial charge in [0.15, 0.2) is 0 Å². The molecule has 2 unspecified atom stereocenters. The van der Waals surface area contributed by atoms with Gasteiger partial charge in [-0.2, -0.15) is 4.21 Å². The average Bonchev–Trinajstić information content (AvgIpc) is 1.60. The molecule has 0 saturated heterocycles. The van der Waals surface area contributed by atoms with Gasteiger partial charge in [-0.05, 0) is 20.8 Å². The molecule has 0 radical (unpaired) electrons. The Hall–Kier alpha value is 0.0300. The molecule has 2 atom stereocenters. The Bertz CT molecular complexity index is 128. The summed E-state index contributed by atoms with van der Waals surface area (Å²) in [5, 5.41) is 9.16. The summed E-state index contributed by atoms with van der Waals surface area (Å²) in [6, 6.07) is 0. The van der Waals surface area contributed by atoms with Crippen molar-refractivity contribution in [3.05, 3.63) is 0 Å². The quantitative estimate of drug-likeness (QED) is 0.595. The van der Waals surface area contributed by atoms with Gasteiger partial charge in [0.05, 0.1) is 5.60 Å². The van der Waals surface area contributed by atoms with Gasteiger partial charge in [0, 0.05) is 0 Å². The number of hydrogen-bond donors (Lipinski definition) is 2. The molecule has 5 heteroatoms. The van der Waals surface area contributed by atoms with Crippen LogP contribution in [0.2, 0.25) is 0 Å². The van der Waals surface area contributed by atoms with Crippen molar-refractivity contribution in [2.24, 2.45) is 0 Å². The van der Waals surface area contributed by atoms with Gasteiger partial charge in [-0.3, -0.25) is 8.74 Å². The molecule has 0 saturated carbocycles. The lowest BCUT2D eigenvalue weighted by Gasteiger charge is -2.23. The van der Waals surface area contributed by atoms with E-state index in [-0.39, 0.29) is 0 Å². The Morgan fingerprint density at radius 3 is 2.10 bits per heavy atom. The summed E-state index contributed by atoms with van der Waals surface area (Å²) in [4.78, 5) is 0. The van der Waals surface area contributed by atoms with E-state index in [9.17, 15) is 4.21 Å². The lowest BCUT2D eigenvalue weighted by atomic mass is 10.0. The first kappa shape index (κ1) is 10.0. The molecule has 0 aromatic carbocycles. The van der Waals surface area contributed by atoms with Crippen molar-refractivity contribution in [1.29, 1.82) is 0 Å². The fraction of sp³-hybridized carbons (Fsp3) is 1.00. The molecular weight excluding hydrogens is 156 g/mol. The highest BCUT2D eigenvalue weighted by Gasteiger charge is 2.24. The Morgan fingerprint density at radius 2 is 2.00 bits per heavy atom. The highest BCUT2D eigenvalue weighted by molar-refractivity contribution is 7.74. The van der Waals surface area contributed by atoms with Crippen LogP contribution in [-0.2, 0) is 15.5 Å². The van der Waals surface area contributed by atoms with E-state index in [1.54, 1.807) is 0 Å². The van der Waals surface area contributed by atoms with Crippen molar-refractivity contribution < 1.29 is 18.1 Å². The molecule has 4 nitrogen and oxygen atoms in total. The molecule has 0 aromatic rings. The Kier molecular flexibility index (Phi) is 3.44. The molecule has 0 aliphatic heterocycles. The Balaban J connectivity index is 3.85. The molecule has 2 N–H and O–H groups in total. The summed E-state index contributed by atoms with van der Waals surface area (Å²) in [5.41, 5.74) is -1.08. The molecule has 0 amide bonds. The van der Waals surface area contributed by atoms with Crippen LogP contribution in [0.25, 0.3) is 0 Å². The average molecular weight is 168 g/mol. The van der Waals surface area contributed by atoms with Crippen molar-refractivity contribution >= 4 is 11.4 Å². The number of aliphatic hydroxyl groups is 1. The molecule has 0 fully saturated rings. The maximum absolute atomic E-state index is 10.0. The summed E-state index contributed by atoms with van der Waals surface area (Å²) in [6.45, 7) is 4.53. The first-order valence-electron chi connectivity index (χ1n) is 2.84. The van der Waals surface area contributed by atoms with E-state index in [2.05, 4.69) is 4.18 Å². The maximum Gasteiger partial charge on any atom is 0.302 e. The summed E-state index contributed by atoms with van der Waals surface area (Å²) in [7, 11) is 0. The lowest BCUT2D eigenvalue weighted by Crippen LogP contribution is -2.35. The fourth-order valence-electron chi connectivity index (χ4n) is 0.241. The van der Waals surface area contributed by atoms with Gasteiger partial charge >= 0.3 is 11.4 Å². The van der Waals surface area contributed by atoms with Crippen LogP contribution in [0.3, 0.4) is 0 Å². The van der Waals surface area contributed by atoms with Crippen LogP contribution >= 0.6 is 0 Å². The SMILES string of the molecule is CC(OS(=O)O)C(C)(C)O. The molecule has 0 spiro atoms. The molecule has 0 rings (SSSR count). The smallest absolute Gasteiger partial charge is 0.302 e. The largest absolute Gasteiger partial charge is 0.388 e. The third-order valence-electron chi connectivity index (χ3n) is 1.22. The van der Waals surface area contributed by atoms with Crippen molar-refractivity contribution in [2.75, 3.05) is 0 Å². The second-order valence-electron chi connectivity index (χ2n) is 2.61. The second-order valence-corrected chi connectivity index (χ2v) is 3.24. The normalized spacial score (nSPS) is 18.5. The standard InChI is InChI=1S/C5H12O4S/c1-4(5(2,3)6)9-10(7)8/h4,6H,1-3H3,(H,7,8). The number of rotatable bonds is 3. The zero-order valence-corrected chi connectivity index (χ0v) is 7.01. The molecule has 0 aliphatic rings. The van der Waals surface area contributed by atoms with Gasteiger partial charge in [-0.1, -0.05) is 0 Å². The first-order valence-corrected chi connectivity index (χ1v) is 3.87. The van der Waals surface area contributed by atoms with E-state index in [1.165, 1.54) is 20.8 Å². The summed E-state index contributed by atoms with van der Waals surface area (Å²) in [5.74, 6) is 0. The maximum atomic E-state index is 10.0. The predicted octanol–water partition coefficient (Wildman–Crippen LogP) is 0.299. The summed E-state index contributed by atoms with van der Waals surface area (Å²) >= 11 is -2.30. The van der Waals surface area contributed by atoms with E-state index in [1.807, 2.05) is 0 Å². The third kappa shape index (κ3) is 3.94. The predicted molar refractivity (Wildman–Crippen MR) is 37.6 cm³/mol. The van der Waals surface area contributed by atoms with Crippen molar-refractivity contribution in [1.82, 2.24) is 0 Å². The van der Waals surface area contributed by atoms with E-state index >= 15 is 0 Å². The van der Waals surface area contributed by atoms with E-state index in [0.29, 0.717) is 0 Å². The second kappa shape index (κ2) is 3.43. The molecular formula is C5H12O4S. The summed E-state index contributed by atoms with van der Waals surface area (Å²) < 4.78 is 22.7. The van der Waals surface area contributed by atoms with Gasteiger partial charge < -0.3 is 5.11 Å². The van der Waals surface area contributed by atoms with Gasteiger partial charge in [0.2, 0.25) is 0 Å². The third-order valence-corrected chi connectivity index (χ3v) is 1.67. The van der Waals surface area contributed by atoms with Crippen LogP contribution in [0.15, 0.2) is 0 Å². The zero-order chi connectivity index (χ0) is 8.36.